The topological polar surface area (TPSA) is 253 Å². The Kier molecular flexibility index (Phi) is 10.3. The van der Waals surface area contributed by atoms with Gasteiger partial charge in [-0.3, -0.25) is 4.89 Å². The molecule has 0 aliphatic rings. The van der Waals surface area contributed by atoms with Crippen LogP contribution in [0.2, 0.25) is 0 Å². The Balaban J connectivity index is 5.01. The molecule has 4 atom stereocenters. The molecule has 16 nitrogen and oxygen atoms in total. The molecule has 4 unspecified atom stereocenters. The lowest BCUT2D eigenvalue weighted by Gasteiger charge is -2.18. The van der Waals surface area contributed by atoms with Gasteiger partial charge < -0.3 is 29.0 Å². The zero-order chi connectivity index (χ0) is 21.6. The van der Waals surface area contributed by atoms with Crippen LogP contribution in [0.25, 0.3) is 0 Å². The monoisotopic (exact) mass is 498 g/mol. The van der Waals surface area contributed by atoms with Crippen LogP contribution >= 0.6 is 39.1 Å². The molecule has 0 amide bonds. The van der Waals surface area contributed by atoms with Crippen LogP contribution in [-0.2, 0) is 44.6 Å². The lowest BCUT2D eigenvalue weighted by Crippen LogP contribution is -1.98. The third-order valence-electron chi connectivity index (χ3n) is 1.72. The zero-order valence-corrected chi connectivity index (χ0v) is 17.6. The fourth-order valence-electron chi connectivity index (χ4n) is 0.993. The van der Waals surface area contributed by atoms with E-state index in [-0.39, 0.29) is 6.42 Å². The van der Waals surface area contributed by atoms with E-state index in [2.05, 4.69) is 27.7 Å². The van der Waals surface area contributed by atoms with Crippen LogP contribution in [0.5, 0.6) is 0 Å². The van der Waals surface area contributed by atoms with Crippen LogP contribution in [0.15, 0.2) is 0 Å². The molecule has 0 radical (unpaired) electrons. The summed E-state index contributed by atoms with van der Waals surface area (Å²) in [7, 11) is -29.1. The van der Waals surface area contributed by atoms with Gasteiger partial charge in [-0.2, -0.15) is 17.2 Å². The summed E-state index contributed by atoms with van der Waals surface area (Å²) in [6.45, 7) is 1.83. The van der Waals surface area contributed by atoms with Crippen molar-refractivity contribution in [2.75, 3.05) is 0 Å². The molecule has 0 aromatic rings. The van der Waals surface area contributed by atoms with E-state index in [4.69, 9.17) is 29.4 Å². The summed E-state index contributed by atoms with van der Waals surface area (Å²) >= 11 is 0. The van der Waals surface area contributed by atoms with Gasteiger partial charge in [0.2, 0.25) is 0 Å². The van der Waals surface area contributed by atoms with Crippen molar-refractivity contribution in [3.05, 3.63) is 0 Å². The SMILES string of the molecule is CCCCC#COP(=O)(O)OP(=O)(O)OP(=O)(O)OP(=O)(O)OP(=O)(O)O. The fraction of sp³-hybridized carbons (Fsp3) is 0.667. The van der Waals surface area contributed by atoms with E-state index in [1.54, 1.807) is 6.11 Å². The third-order valence-corrected chi connectivity index (χ3v) is 8.67. The summed E-state index contributed by atoms with van der Waals surface area (Å²) in [6, 6.07) is 0. The molecule has 0 rings (SSSR count). The third kappa shape index (κ3) is 14.7. The number of hydrogen-bond donors (Lipinski definition) is 6. The maximum atomic E-state index is 11.4. The zero-order valence-electron chi connectivity index (χ0n) is 13.1. The first-order valence-corrected chi connectivity index (χ1v) is 13.8. The summed E-state index contributed by atoms with van der Waals surface area (Å²) in [6.07, 6.45) is 3.28. The highest BCUT2D eigenvalue weighted by molar-refractivity contribution is 7.71. The van der Waals surface area contributed by atoms with E-state index in [0.29, 0.717) is 6.42 Å². The normalized spacial score (nSPS) is 20.9. The van der Waals surface area contributed by atoms with Gasteiger partial charge in [-0.25, -0.2) is 22.8 Å². The largest absolute Gasteiger partial charge is 0.544 e. The van der Waals surface area contributed by atoms with Crippen LogP contribution in [0.4, 0.5) is 0 Å². The van der Waals surface area contributed by atoms with Gasteiger partial charge in [-0.1, -0.05) is 19.3 Å². The Hall–Kier alpha value is 0.110. The summed E-state index contributed by atoms with van der Waals surface area (Å²) in [5, 5.41) is 0. The Morgan fingerprint density at radius 1 is 0.704 bits per heavy atom. The van der Waals surface area contributed by atoms with Crippen LogP contribution in [0.3, 0.4) is 0 Å². The molecule has 0 aliphatic heterocycles. The molecular formula is C6H15O16P5. The summed E-state index contributed by atoms with van der Waals surface area (Å²) in [5.74, 6) is 2.24. The van der Waals surface area contributed by atoms with Gasteiger partial charge in [0, 0.05) is 6.42 Å². The van der Waals surface area contributed by atoms with Crippen LogP contribution < -0.4 is 0 Å². The minimum atomic E-state index is -6.09. The molecule has 27 heavy (non-hydrogen) atoms. The number of phosphoric ester groups is 1. The predicted molar refractivity (Wildman–Crippen MR) is 84.1 cm³/mol. The van der Waals surface area contributed by atoms with Crippen molar-refractivity contribution in [3.8, 4) is 12.0 Å². The van der Waals surface area contributed by atoms with Crippen molar-refractivity contribution in [2.45, 2.75) is 26.2 Å². The van der Waals surface area contributed by atoms with Crippen molar-refractivity contribution < 1.29 is 74.0 Å². The molecule has 6 N–H and O–H groups in total. The Bertz CT molecular complexity index is 800. The molecule has 0 fully saturated rings. The van der Waals surface area contributed by atoms with Gasteiger partial charge in [0.25, 0.3) is 0 Å². The Morgan fingerprint density at radius 3 is 1.52 bits per heavy atom. The number of rotatable bonds is 11. The lowest BCUT2D eigenvalue weighted by atomic mass is 10.3. The molecule has 21 heteroatoms. The molecule has 0 aromatic carbocycles. The van der Waals surface area contributed by atoms with Crippen molar-refractivity contribution in [3.63, 3.8) is 0 Å². The van der Waals surface area contributed by atoms with Crippen molar-refractivity contribution >= 4 is 39.1 Å². The molecule has 0 aromatic heterocycles. The Labute approximate surface area is 152 Å². The minimum Gasteiger partial charge on any atom is -0.350 e. The quantitative estimate of drug-likeness (QED) is 0.135. The van der Waals surface area contributed by atoms with Gasteiger partial charge in [-0.15, -0.1) is 0 Å². The molecule has 160 valence electrons. The fourth-order valence-corrected chi connectivity index (χ4v) is 6.67. The van der Waals surface area contributed by atoms with Crippen LogP contribution in [0.1, 0.15) is 26.2 Å². The van der Waals surface area contributed by atoms with Crippen molar-refractivity contribution in [1.29, 1.82) is 0 Å². The van der Waals surface area contributed by atoms with E-state index in [1.807, 2.05) is 6.92 Å². The maximum Gasteiger partial charge on any atom is 0.544 e. The van der Waals surface area contributed by atoms with E-state index in [0.717, 1.165) is 6.42 Å². The van der Waals surface area contributed by atoms with E-state index >= 15 is 0 Å². The van der Waals surface area contributed by atoms with Crippen molar-refractivity contribution in [1.82, 2.24) is 0 Å². The van der Waals surface area contributed by atoms with E-state index in [1.165, 1.54) is 0 Å². The molecule has 0 spiro atoms. The first-order chi connectivity index (χ1) is 11.9. The number of unbranched alkanes of at least 4 members (excludes halogenated alkanes) is 2. The smallest absolute Gasteiger partial charge is 0.350 e. The number of phosphoric acid groups is 5. The second-order valence-corrected chi connectivity index (χ2v) is 11.7. The lowest BCUT2D eigenvalue weighted by molar-refractivity contribution is 0.187. The average Bonchev–Trinajstić information content (AvgIpc) is 2.29. The van der Waals surface area contributed by atoms with Gasteiger partial charge >= 0.3 is 39.1 Å². The van der Waals surface area contributed by atoms with Crippen LogP contribution in [-0.4, -0.2) is 29.4 Å². The van der Waals surface area contributed by atoms with Gasteiger partial charge in [-0.05, 0) is 6.42 Å². The van der Waals surface area contributed by atoms with E-state index in [9.17, 15) is 22.8 Å². The van der Waals surface area contributed by atoms with Gasteiger partial charge in [0.05, 0.1) is 0 Å². The summed E-state index contributed by atoms with van der Waals surface area (Å²) < 4.78 is 73.0. The van der Waals surface area contributed by atoms with Crippen LogP contribution in [0, 0.1) is 12.0 Å². The van der Waals surface area contributed by atoms with Crippen molar-refractivity contribution in [2.24, 2.45) is 0 Å². The number of hydrogen-bond acceptors (Lipinski definition) is 10. The average molecular weight is 498 g/mol. The van der Waals surface area contributed by atoms with Gasteiger partial charge in [0.1, 0.15) is 6.11 Å². The second-order valence-electron chi connectivity index (χ2n) is 4.17. The molecule has 0 saturated carbocycles. The highest BCUT2D eigenvalue weighted by Crippen LogP contribution is 2.73. The first kappa shape index (κ1) is 27.1. The predicted octanol–water partition coefficient (Wildman–Crippen LogP) is 1.71. The highest BCUT2D eigenvalue weighted by Gasteiger charge is 2.47. The molecule has 0 bridgehead atoms. The van der Waals surface area contributed by atoms with E-state index < -0.39 is 39.1 Å². The van der Waals surface area contributed by atoms with Gasteiger partial charge in [0.15, 0.2) is 0 Å². The molecule has 0 aliphatic carbocycles. The summed E-state index contributed by atoms with van der Waals surface area (Å²) in [5.41, 5.74) is 0. The first-order valence-electron chi connectivity index (χ1n) is 6.27. The molecular weight excluding hydrogens is 483 g/mol. The Morgan fingerprint density at radius 2 is 1.11 bits per heavy atom. The summed E-state index contributed by atoms with van der Waals surface area (Å²) in [4.78, 5) is 52.8. The second kappa shape index (κ2) is 10.2. The molecule has 0 heterocycles. The molecule has 0 saturated heterocycles. The minimum absolute atomic E-state index is 0.245. The maximum absolute atomic E-state index is 11.4. The standard InChI is InChI=1S/C6H15O16P5/c1-2-3-4-5-6-18-24(10,11)20-26(14,15)22-27(16,17)21-25(12,13)19-23(7,8)9/h2-4H2,1H3,(H,10,11)(H,12,13)(H,14,15)(H,16,17)(H2,7,8,9). The highest BCUT2D eigenvalue weighted by atomic mass is 31.3.